The average Bonchev–Trinajstić information content (AvgIpc) is 3.11. The molecule has 3 rings (SSSR count). The van der Waals surface area contributed by atoms with Crippen molar-refractivity contribution in [2.75, 3.05) is 23.4 Å². The molecule has 0 fully saturated rings. The number of urea groups is 1. The van der Waals surface area contributed by atoms with E-state index in [1.54, 1.807) is 43.0 Å². The Labute approximate surface area is 163 Å². The summed E-state index contributed by atoms with van der Waals surface area (Å²) in [6, 6.07) is 13.3. The first-order chi connectivity index (χ1) is 13.5. The van der Waals surface area contributed by atoms with Crippen molar-refractivity contribution in [3.8, 4) is 0 Å². The number of hydrogen-bond donors (Lipinski definition) is 2. The predicted molar refractivity (Wildman–Crippen MR) is 107 cm³/mol. The maximum Gasteiger partial charge on any atom is 0.328 e. The predicted octanol–water partition coefficient (Wildman–Crippen LogP) is 2.96. The fraction of sp³-hybridized carbons (Fsp3) is 0.286. The highest BCUT2D eigenvalue weighted by atomic mass is 16.5. The maximum absolute atomic E-state index is 12.8. The molecule has 0 aromatic heterocycles. The summed E-state index contributed by atoms with van der Waals surface area (Å²) < 4.78 is 4.87. The summed E-state index contributed by atoms with van der Waals surface area (Å²) in [5, 5.41) is 5.24. The Balaban J connectivity index is 1.70. The van der Waals surface area contributed by atoms with Crippen molar-refractivity contribution >= 4 is 29.3 Å². The Morgan fingerprint density at radius 3 is 2.61 bits per heavy atom. The van der Waals surface area contributed by atoms with Crippen molar-refractivity contribution in [2.24, 2.45) is 0 Å². The van der Waals surface area contributed by atoms with E-state index in [9.17, 15) is 14.4 Å². The highest BCUT2D eigenvalue weighted by Gasteiger charge is 2.26. The molecule has 0 unspecified atom stereocenters. The summed E-state index contributed by atoms with van der Waals surface area (Å²) in [6.07, 6.45) is 0.764. The molecular formula is C21H23N3O4. The molecule has 0 spiro atoms. The van der Waals surface area contributed by atoms with Crippen LogP contribution in [0.1, 0.15) is 29.8 Å². The van der Waals surface area contributed by atoms with E-state index in [4.69, 9.17) is 4.74 Å². The fourth-order valence-electron chi connectivity index (χ4n) is 3.09. The third kappa shape index (κ3) is 4.31. The Kier molecular flexibility index (Phi) is 5.93. The van der Waals surface area contributed by atoms with Gasteiger partial charge in [-0.15, -0.1) is 0 Å². The van der Waals surface area contributed by atoms with Gasteiger partial charge in [-0.25, -0.2) is 9.59 Å². The van der Waals surface area contributed by atoms with E-state index in [1.165, 1.54) is 0 Å². The van der Waals surface area contributed by atoms with Gasteiger partial charge in [0.25, 0.3) is 5.91 Å². The summed E-state index contributed by atoms with van der Waals surface area (Å²) >= 11 is 0. The largest absolute Gasteiger partial charge is 0.464 e. The van der Waals surface area contributed by atoms with Crippen LogP contribution in [0.5, 0.6) is 0 Å². The van der Waals surface area contributed by atoms with Crippen molar-refractivity contribution in [1.29, 1.82) is 0 Å². The van der Waals surface area contributed by atoms with Gasteiger partial charge in [0, 0.05) is 23.5 Å². The number of fused-ring (bicyclic) bond motifs is 1. The van der Waals surface area contributed by atoms with Gasteiger partial charge in [0.05, 0.1) is 6.61 Å². The second-order valence-corrected chi connectivity index (χ2v) is 6.49. The lowest BCUT2D eigenvalue weighted by Gasteiger charge is -2.19. The van der Waals surface area contributed by atoms with Crippen LogP contribution < -0.4 is 15.5 Å². The smallest absolute Gasteiger partial charge is 0.328 e. The van der Waals surface area contributed by atoms with Gasteiger partial charge in [0.1, 0.15) is 6.04 Å². The van der Waals surface area contributed by atoms with Crippen molar-refractivity contribution < 1.29 is 19.1 Å². The van der Waals surface area contributed by atoms with Crippen LogP contribution >= 0.6 is 0 Å². The summed E-state index contributed by atoms with van der Waals surface area (Å²) in [5.74, 6) is -0.567. The first kappa shape index (κ1) is 19.4. The molecule has 3 amide bonds. The molecule has 2 N–H and O–H groups in total. The van der Waals surface area contributed by atoms with E-state index >= 15 is 0 Å². The molecule has 1 aliphatic heterocycles. The highest BCUT2D eigenvalue weighted by Crippen LogP contribution is 2.32. The minimum Gasteiger partial charge on any atom is -0.464 e. The molecule has 146 valence electrons. The Morgan fingerprint density at radius 2 is 1.89 bits per heavy atom. The number of amides is 3. The number of ether oxygens (including phenoxy) is 1. The molecule has 2 aromatic carbocycles. The van der Waals surface area contributed by atoms with Crippen LogP contribution in [0.25, 0.3) is 0 Å². The van der Waals surface area contributed by atoms with Crippen molar-refractivity contribution in [2.45, 2.75) is 26.3 Å². The van der Waals surface area contributed by atoms with Gasteiger partial charge in [-0.2, -0.15) is 0 Å². The van der Waals surface area contributed by atoms with Gasteiger partial charge >= 0.3 is 12.0 Å². The quantitative estimate of drug-likeness (QED) is 0.780. The van der Waals surface area contributed by atoms with Gasteiger partial charge in [-0.3, -0.25) is 4.79 Å². The van der Waals surface area contributed by atoms with Crippen LogP contribution in [0.2, 0.25) is 0 Å². The van der Waals surface area contributed by atoms with Gasteiger partial charge in [0.2, 0.25) is 0 Å². The van der Waals surface area contributed by atoms with Crippen molar-refractivity contribution in [1.82, 2.24) is 5.32 Å². The molecule has 0 saturated carbocycles. The summed E-state index contributed by atoms with van der Waals surface area (Å²) in [7, 11) is 0. The van der Waals surface area contributed by atoms with Gasteiger partial charge in [-0.05, 0) is 50.1 Å². The summed E-state index contributed by atoms with van der Waals surface area (Å²) in [6.45, 7) is 4.11. The van der Waals surface area contributed by atoms with E-state index in [1.807, 2.05) is 24.3 Å². The number of esters is 1. The third-order valence-corrected chi connectivity index (χ3v) is 4.49. The van der Waals surface area contributed by atoms with E-state index in [-0.39, 0.29) is 12.5 Å². The van der Waals surface area contributed by atoms with Gasteiger partial charge in [0.15, 0.2) is 0 Å². The second-order valence-electron chi connectivity index (χ2n) is 6.49. The SMILES string of the molecule is CCOC(=O)[C@@H](C)NC(=O)Nc1ccc2c(c1)N(C(=O)c1ccccc1)CC2. The summed E-state index contributed by atoms with van der Waals surface area (Å²) in [4.78, 5) is 38.3. The molecule has 0 saturated heterocycles. The zero-order valence-corrected chi connectivity index (χ0v) is 15.9. The van der Waals surface area contributed by atoms with Crippen LogP contribution in [0.3, 0.4) is 0 Å². The van der Waals surface area contributed by atoms with Crippen molar-refractivity contribution in [3.05, 3.63) is 59.7 Å². The van der Waals surface area contributed by atoms with Crippen LogP contribution in [-0.2, 0) is 16.0 Å². The standard InChI is InChI=1S/C21H23N3O4/c1-3-28-20(26)14(2)22-21(27)23-17-10-9-15-11-12-24(18(15)13-17)19(25)16-7-5-4-6-8-16/h4-10,13-14H,3,11-12H2,1-2H3,(H2,22,23,27)/t14-/m1/s1. The minimum atomic E-state index is -0.759. The first-order valence-corrected chi connectivity index (χ1v) is 9.23. The van der Waals surface area contributed by atoms with E-state index < -0.39 is 18.0 Å². The molecule has 0 radical (unpaired) electrons. The number of rotatable bonds is 5. The highest BCUT2D eigenvalue weighted by molar-refractivity contribution is 6.07. The topological polar surface area (TPSA) is 87.7 Å². The Hall–Kier alpha value is -3.35. The Morgan fingerprint density at radius 1 is 1.14 bits per heavy atom. The van der Waals surface area contributed by atoms with E-state index in [0.29, 0.717) is 17.8 Å². The molecule has 0 bridgehead atoms. The normalized spacial score (nSPS) is 13.4. The number of nitrogens with zero attached hydrogens (tertiary/aromatic N) is 1. The number of hydrogen-bond acceptors (Lipinski definition) is 4. The molecule has 2 aromatic rings. The monoisotopic (exact) mass is 381 g/mol. The minimum absolute atomic E-state index is 0.0723. The van der Waals surface area contributed by atoms with Gasteiger partial charge in [-0.1, -0.05) is 24.3 Å². The number of nitrogens with one attached hydrogen (secondary N) is 2. The number of benzene rings is 2. The fourth-order valence-corrected chi connectivity index (χ4v) is 3.09. The van der Waals surface area contributed by atoms with Crippen LogP contribution in [0.15, 0.2) is 48.5 Å². The van der Waals surface area contributed by atoms with E-state index in [0.717, 1.165) is 17.7 Å². The molecule has 0 aliphatic carbocycles. The zero-order valence-electron chi connectivity index (χ0n) is 15.9. The Bertz CT molecular complexity index is 882. The summed E-state index contributed by atoms with van der Waals surface area (Å²) in [5.41, 5.74) is 3.00. The lowest BCUT2D eigenvalue weighted by Crippen LogP contribution is -2.41. The van der Waals surface area contributed by atoms with E-state index in [2.05, 4.69) is 10.6 Å². The molecule has 7 nitrogen and oxygen atoms in total. The van der Waals surface area contributed by atoms with Crippen LogP contribution in [0.4, 0.5) is 16.2 Å². The third-order valence-electron chi connectivity index (χ3n) is 4.49. The first-order valence-electron chi connectivity index (χ1n) is 9.23. The molecule has 7 heteroatoms. The molecule has 1 heterocycles. The lowest BCUT2D eigenvalue weighted by molar-refractivity contribution is -0.144. The van der Waals surface area contributed by atoms with Crippen LogP contribution in [0, 0.1) is 0 Å². The average molecular weight is 381 g/mol. The number of anilines is 2. The van der Waals surface area contributed by atoms with Crippen LogP contribution in [-0.4, -0.2) is 37.1 Å². The maximum atomic E-state index is 12.8. The second kappa shape index (κ2) is 8.56. The van der Waals surface area contributed by atoms with Gasteiger partial charge < -0.3 is 20.3 Å². The zero-order chi connectivity index (χ0) is 20.1. The molecule has 28 heavy (non-hydrogen) atoms. The number of carbonyl (C=O) groups is 3. The molecular weight excluding hydrogens is 358 g/mol. The lowest BCUT2D eigenvalue weighted by atomic mass is 10.1. The van der Waals surface area contributed by atoms with Crippen molar-refractivity contribution in [3.63, 3.8) is 0 Å². The number of carbonyl (C=O) groups excluding carboxylic acids is 3. The molecule has 1 atom stereocenters. The molecule has 1 aliphatic rings.